The topological polar surface area (TPSA) is 49.5 Å². The third-order valence-electron chi connectivity index (χ3n) is 4.33. The van der Waals surface area contributed by atoms with Crippen LogP contribution in [0.2, 0.25) is 0 Å². The molecule has 2 rings (SSSR count). The number of nitrogens with two attached hydrogens (primary N) is 1. The summed E-state index contributed by atoms with van der Waals surface area (Å²) in [5, 5.41) is 9.13. The van der Waals surface area contributed by atoms with Gasteiger partial charge in [-0.05, 0) is 43.4 Å². The molecule has 3 nitrogen and oxygen atoms in total. The fraction of sp³-hybridized carbons (Fsp3) is 0.625. The smallest absolute Gasteiger partial charge is 0.126 e. The summed E-state index contributed by atoms with van der Waals surface area (Å²) in [6, 6.07) is 5.68. The van der Waals surface area contributed by atoms with Crippen LogP contribution >= 0.6 is 0 Å². The van der Waals surface area contributed by atoms with E-state index in [9.17, 15) is 4.39 Å². The summed E-state index contributed by atoms with van der Waals surface area (Å²) in [4.78, 5) is 2.31. The van der Waals surface area contributed by atoms with Crippen molar-refractivity contribution in [2.24, 2.45) is 5.73 Å². The van der Waals surface area contributed by atoms with Crippen LogP contribution in [0, 0.1) is 12.7 Å². The highest BCUT2D eigenvalue weighted by atomic mass is 19.1. The second-order valence-corrected chi connectivity index (χ2v) is 5.75. The highest BCUT2D eigenvalue weighted by Gasteiger charge is 2.24. The first-order chi connectivity index (χ1) is 9.61. The summed E-state index contributed by atoms with van der Waals surface area (Å²) < 4.78 is 13.6. The maximum Gasteiger partial charge on any atom is 0.126 e. The number of nitrogens with zero attached hydrogens (tertiary/aromatic N) is 1. The number of halogens is 1. The Labute approximate surface area is 120 Å². The van der Waals surface area contributed by atoms with Crippen LogP contribution in [0.4, 0.5) is 4.39 Å². The summed E-state index contributed by atoms with van der Waals surface area (Å²) in [5.41, 5.74) is 7.66. The molecule has 3 N–H and O–H groups in total. The molecule has 1 fully saturated rings. The quantitative estimate of drug-likeness (QED) is 0.806. The van der Waals surface area contributed by atoms with Crippen LogP contribution in [0.15, 0.2) is 18.2 Å². The average Bonchev–Trinajstić information content (AvgIpc) is 2.37. The summed E-state index contributed by atoms with van der Waals surface area (Å²) >= 11 is 0. The van der Waals surface area contributed by atoms with Crippen molar-refractivity contribution in [3.05, 3.63) is 35.1 Å². The van der Waals surface area contributed by atoms with Crippen LogP contribution < -0.4 is 5.73 Å². The number of hydrogen-bond donors (Lipinski definition) is 2. The lowest BCUT2D eigenvalue weighted by atomic mass is 9.91. The third kappa shape index (κ3) is 3.78. The van der Waals surface area contributed by atoms with E-state index in [1.54, 1.807) is 19.1 Å². The SMILES string of the molecule is Cc1ccc(C(N)CCN(CCO)C2CCC2)cc1F. The summed E-state index contributed by atoms with van der Waals surface area (Å²) in [7, 11) is 0. The zero-order chi connectivity index (χ0) is 14.5. The molecule has 0 heterocycles. The van der Waals surface area contributed by atoms with Gasteiger partial charge in [-0.1, -0.05) is 18.6 Å². The molecule has 0 spiro atoms. The Bertz CT molecular complexity index is 434. The van der Waals surface area contributed by atoms with E-state index in [4.69, 9.17) is 10.8 Å². The van der Waals surface area contributed by atoms with Gasteiger partial charge < -0.3 is 10.8 Å². The maximum atomic E-state index is 13.6. The monoisotopic (exact) mass is 280 g/mol. The zero-order valence-corrected chi connectivity index (χ0v) is 12.2. The van der Waals surface area contributed by atoms with E-state index in [1.165, 1.54) is 19.3 Å². The van der Waals surface area contributed by atoms with Gasteiger partial charge in [0.2, 0.25) is 0 Å². The fourth-order valence-corrected chi connectivity index (χ4v) is 2.67. The molecule has 0 amide bonds. The Balaban J connectivity index is 1.89. The minimum absolute atomic E-state index is 0.147. The van der Waals surface area contributed by atoms with E-state index >= 15 is 0 Å². The molecule has 0 bridgehead atoms. The van der Waals surface area contributed by atoms with Crippen molar-refractivity contribution in [1.82, 2.24) is 4.90 Å². The van der Waals surface area contributed by atoms with Crippen molar-refractivity contribution in [2.75, 3.05) is 19.7 Å². The lowest BCUT2D eigenvalue weighted by Gasteiger charge is -2.37. The number of aliphatic hydroxyl groups excluding tert-OH is 1. The Kier molecular flexibility index (Phi) is 5.52. The summed E-state index contributed by atoms with van der Waals surface area (Å²) in [5.74, 6) is -0.191. The molecule has 1 aromatic rings. The van der Waals surface area contributed by atoms with Crippen molar-refractivity contribution in [3.8, 4) is 0 Å². The Morgan fingerprint density at radius 1 is 1.40 bits per heavy atom. The molecule has 0 saturated heterocycles. The molecule has 112 valence electrons. The lowest BCUT2D eigenvalue weighted by Crippen LogP contribution is -2.43. The minimum atomic E-state index is -0.191. The first-order valence-corrected chi connectivity index (χ1v) is 7.48. The van der Waals surface area contributed by atoms with Crippen molar-refractivity contribution in [3.63, 3.8) is 0 Å². The molecule has 1 aliphatic rings. The van der Waals surface area contributed by atoms with Gasteiger partial charge in [0.25, 0.3) is 0 Å². The Morgan fingerprint density at radius 3 is 2.70 bits per heavy atom. The van der Waals surface area contributed by atoms with Gasteiger partial charge in [-0.25, -0.2) is 4.39 Å². The van der Waals surface area contributed by atoms with Crippen molar-refractivity contribution in [2.45, 2.75) is 44.7 Å². The van der Waals surface area contributed by atoms with Crippen LogP contribution in [0.25, 0.3) is 0 Å². The maximum absolute atomic E-state index is 13.6. The van der Waals surface area contributed by atoms with E-state index < -0.39 is 0 Å². The molecule has 0 radical (unpaired) electrons. The lowest BCUT2D eigenvalue weighted by molar-refractivity contribution is 0.0982. The molecule has 4 heteroatoms. The van der Waals surface area contributed by atoms with Crippen molar-refractivity contribution >= 4 is 0 Å². The first kappa shape index (κ1) is 15.4. The van der Waals surface area contributed by atoms with E-state index in [-0.39, 0.29) is 18.5 Å². The Hall–Kier alpha value is -0.970. The Morgan fingerprint density at radius 2 is 2.15 bits per heavy atom. The highest BCUT2D eigenvalue weighted by molar-refractivity contribution is 5.25. The van der Waals surface area contributed by atoms with Crippen molar-refractivity contribution < 1.29 is 9.50 Å². The number of rotatable bonds is 7. The molecule has 1 atom stereocenters. The first-order valence-electron chi connectivity index (χ1n) is 7.48. The predicted octanol–water partition coefficient (Wildman–Crippen LogP) is 2.37. The normalized spacial score (nSPS) is 17.2. The van der Waals surface area contributed by atoms with Crippen LogP contribution in [0.1, 0.15) is 42.9 Å². The van der Waals surface area contributed by atoms with Gasteiger partial charge in [-0.15, -0.1) is 0 Å². The molecule has 0 aromatic heterocycles. The molecule has 0 aliphatic heterocycles. The minimum Gasteiger partial charge on any atom is -0.395 e. The number of benzene rings is 1. The number of hydrogen-bond acceptors (Lipinski definition) is 3. The molecule has 1 unspecified atom stereocenters. The van der Waals surface area contributed by atoms with Gasteiger partial charge >= 0.3 is 0 Å². The van der Waals surface area contributed by atoms with Gasteiger partial charge in [0.1, 0.15) is 5.82 Å². The fourth-order valence-electron chi connectivity index (χ4n) is 2.67. The zero-order valence-electron chi connectivity index (χ0n) is 12.2. The van der Waals surface area contributed by atoms with Crippen LogP contribution in [-0.4, -0.2) is 35.7 Å². The largest absolute Gasteiger partial charge is 0.395 e. The predicted molar refractivity (Wildman–Crippen MR) is 79.0 cm³/mol. The van der Waals surface area contributed by atoms with E-state index in [0.29, 0.717) is 18.2 Å². The number of aliphatic hydroxyl groups is 1. The van der Waals surface area contributed by atoms with Gasteiger partial charge in [-0.2, -0.15) is 0 Å². The molecule has 20 heavy (non-hydrogen) atoms. The van der Waals surface area contributed by atoms with Crippen LogP contribution in [0.3, 0.4) is 0 Å². The second-order valence-electron chi connectivity index (χ2n) is 5.75. The van der Waals surface area contributed by atoms with Gasteiger partial charge in [-0.3, -0.25) is 4.90 Å². The highest BCUT2D eigenvalue weighted by Crippen LogP contribution is 2.26. The van der Waals surface area contributed by atoms with E-state index in [1.807, 2.05) is 6.07 Å². The van der Waals surface area contributed by atoms with Gasteiger partial charge in [0.15, 0.2) is 0 Å². The second kappa shape index (κ2) is 7.16. The van der Waals surface area contributed by atoms with Crippen LogP contribution in [-0.2, 0) is 0 Å². The summed E-state index contributed by atoms with van der Waals surface area (Å²) in [6.45, 7) is 3.51. The average molecular weight is 280 g/mol. The summed E-state index contributed by atoms with van der Waals surface area (Å²) in [6.07, 6.45) is 4.50. The van der Waals surface area contributed by atoms with E-state index in [0.717, 1.165) is 18.5 Å². The van der Waals surface area contributed by atoms with E-state index in [2.05, 4.69) is 4.90 Å². The van der Waals surface area contributed by atoms with Crippen molar-refractivity contribution in [1.29, 1.82) is 0 Å². The van der Waals surface area contributed by atoms with Gasteiger partial charge in [0.05, 0.1) is 6.61 Å². The molecule has 1 aliphatic carbocycles. The molecule has 1 saturated carbocycles. The number of aryl methyl sites for hydroxylation is 1. The van der Waals surface area contributed by atoms with Gasteiger partial charge in [0, 0.05) is 25.2 Å². The van der Waals surface area contributed by atoms with Crippen LogP contribution in [0.5, 0.6) is 0 Å². The molecular formula is C16H25FN2O. The molecule has 1 aromatic carbocycles. The third-order valence-corrected chi connectivity index (χ3v) is 4.33. The molecular weight excluding hydrogens is 255 g/mol. The standard InChI is InChI=1S/C16H25FN2O/c1-12-5-6-13(11-15(12)17)16(18)7-8-19(9-10-20)14-3-2-4-14/h5-6,11,14,16,20H,2-4,7-10,18H2,1H3.